The Bertz CT molecular complexity index is 1630. The number of carboxylic acid groups (broad SMARTS) is 1. The van der Waals surface area contributed by atoms with Crippen molar-refractivity contribution in [2.24, 2.45) is 0 Å². The Morgan fingerprint density at radius 2 is 2.05 bits per heavy atom. The molecule has 0 amide bonds. The molecule has 0 bridgehead atoms. The number of pyridine rings is 2. The van der Waals surface area contributed by atoms with E-state index in [-0.39, 0.29) is 0 Å². The zero-order chi connectivity index (χ0) is 28.0. The van der Waals surface area contributed by atoms with E-state index in [1.54, 1.807) is 6.20 Å². The Morgan fingerprint density at radius 3 is 2.80 bits per heavy atom. The third-order valence-electron chi connectivity index (χ3n) is 7.44. The number of nitrogens with zero attached hydrogens (tertiary/aromatic N) is 3. The van der Waals surface area contributed by atoms with Crippen molar-refractivity contribution in [1.82, 2.24) is 9.97 Å². The highest BCUT2D eigenvalue weighted by Gasteiger charge is 2.34. The molecule has 1 N–H and O–H groups in total. The summed E-state index contributed by atoms with van der Waals surface area (Å²) in [6.45, 7) is 9.66. The van der Waals surface area contributed by atoms with Crippen LogP contribution in [0.4, 0.5) is 5.69 Å². The summed E-state index contributed by atoms with van der Waals surface area (Å²) in [6.07, 6.45) is 9.37. The molecule has 204 valence electrons. The maximum absolute atomic E-state index is 12.8. The van der Waals surface area contributed by atoms with Gasteiger partial charge < -0.3 is 19.5 Å². The molecule has 2 aromatic carbocycles. The van der Waals surface area contributed by atoms with Crippen LogP contribution in [0.5, 0.6) is 5.75 Å². The van der Waals surface area contributed by atoms with E-state index in [1.165, 1.54) is 5.56 Å². The highest BCUT2D eigenvalue weighted by atomic mass is 16.5. The van der Waals surface area contributed by atoms with Gasteiger partial charge in [-0.1, -0.05) is 18.2 Å². The molecule has 0 saturated heterocycles. The van der Waals surface area contributed by atoms with E-state index >= 15 is 0 Å². The minimum atomic E-state index is -1.16. The van der Waals surface area contributed by atoms with Crippen molar-refractivity contribution in [3.05, 3.63) is 88.9 Å². The molecule has 0 aliphatic carbocycles. The van der Waals surface area contributed by atoms with Crippen molar-refractivity contribution < 1.29 is 19.4 Å². The lowest BCUT2D eigenvalue weighted by Crippen LogP contribution is -2.30. The minimum Gasteiger partial charge on any atom is -0.493 e. The van der Waals surface area contributed by atoms with Gasteiger partial charge in [-0.05, 0) is 80.3 Å². The topological polar surface area (TPSA) is 84.8 Å². The second-order valence-electron chi connectivity index (χ2n) is 11.4. The summed E-state index contributed by atoms with van der Waals surface area (Å²) in [5.41, 5.74) is 7.63. The van der Waals surface area contributed by atoms with Crippen LogP contribution in [-0.4, -0.2) is 39.8 Å². The number of hydrogen-bond donors (Lipinski definition) is 1. The molecule has 2 aliphatic heterocycles. The van der Waals surface area contributed by atoms with Crippen LogP contribution in [0.15, 0.2) is 61.1 Å². The predicted molar refractivity (Wildman–Crippen MR) is 157 cm³/mol. The van der Waals surface area contributed by atoms with Crippen molar-refractivity contribution in [1.29, 1.82) is 0 Å². The number of aryl methyl sites for hydroxylation is 1. The normalized spacial score (nSPS) is 15.1. The highest BCUT2D eigenvalue weighted by Crippen LogP contribution is 2.47. The van der Waals surface area contributed by atoms with Crippen molar-refractivity contribution in [2.45, 2.75) is 52.4 Å². The second-order valence-corrected chi connectivity index (χ2v) is 11.4. The smallest absolute Gasteiger partial charge is 0.337 e. The largest absolute Gasteiger partial charge is 0.493 e. The maximum atomic E-state index is 12.8. The van der Waals surface area contributed by atoms with Crippen molar-refractivity contribution in [3.8, 4) is 16.9 Å². The van der Waals surface area contributed by atoms with Crippen molar-refractivity contribution in [2.75, 3.05) is 18.1 Å². The lowest BCUT2D eigenvalue weighted by Gasteiger charge is -2.34. The van der Waals surface area contributed by atoms with Gasteiger partial charge in [0, 0.05) is 65.9 Å². The zero-order valence-corrected chi connectivity index (χ0v) is 23.3. The fourth-order valence-electron chi connectivity index (χ4n) is 5.84. The lowest BCUT2D eigenvalue weighted by molar-refractivity contribution is -0.160. The number of aromatic nitrogens is 2. The minimum absolute atomic E-state index is 0.628. The highest BCUT2D eigenvalue weighted by molar-refractivity contribution is 6.04. The standard InChI is InChI=1S/C33H33N3O4/c1-20-17-25-23(8-6-15-36(25)19-21-7-5-13-34-18-21)29(27(20)31(32(37)38)40-33(2,3)4)24-9-10-26-28-22(12-16-39-26)11-14-35-30(24)28/h5-11,13-14,17-18,31H,12,15-16,19H2,1-4H3,(H,37,38). The first-order valence-electron chi connectivity index (χ1n) is 13.6. The van der Waals surface area contributed by atoms with Crippen LogP contribution in [0.2, 0.25) is 0 Å². The van der Waals surface area contributed by atoms with E-state index < -0.39 is 17.7 Å². The van der Waals surface area contributed by atoms with Crippen LogP contribution in [0.1, 0.15) is 54.7 Å². The van der Waals surface area contributed by atoms with Gasteiger partial charge in [-0.15, -0.1) is 0 Å². The average Bonchev–Trinajstić information content (AvgIpc) is 2.92. The van der Waals surface area contributed by atoms with E-state index in [0.717, 1.165) is 63.1 Å². The summed E-state index contributed by atoms with van der Waals surface area (Å²) >= 11 is 0. The lowest BCUT2D eigenvalue weighted by atomic mass is 9.84. The SMILES string of the molecule is Cc1cc2c(c(-c3ccc4c5c(ccnc35)CCO4)c1C(OC(C)(C)C)C(=O)O)C=CCN2Cc1cccnc1. The molecule has 6 rings (SSSR count). The van der Waals surface area contributed by atoms with Gasteiger partial charge in [-0.3, -0.25) is 9.97 Å². The number of carboxylic acids is 1. The molecule has 0 radical (unpaired) electrons. The molecule has 2 aromatic heterocycles. The van der Waals surface area contributed by atoms with Crippen molar-refractivity contribution >= 4 is 28.6 Å². The molecule has 7 nitrogen and oxygen atoms in total. The van der Waals surface area contributed by atoms with Crippen LogP contribution in [0.3, 0.4) is 0 Å². The fourth-order valence-corrected chi connectivity index (χ4v) is 5.84. The van der Waals surface area contributed by atoms with Crippen LogP contribution >= 0.6 is 0 Å². The van der Waals surface area contributed by atoms with E-state index in [9.17, 15) is 9.90 Å². The Hall–Kier alpha value is -4.23. The van der Waals surface area contributed by atoms with Crippen LogP contribution in [-0.2, 0) is 22.5 Å². The van der Waals surface area contributed by atoms with Gasteiger partial charge in [0.05, 0.1) is 17.7 Å². The monoisotopic (exact) mass is 535 g/mol. The number of hydrogen-bond acceptors (Lipinski definition) is 6. The van der Waals surface area contributed by atoms with E-state index in [1.807, 2.05) is 64.4 Å². The van der Waals surface area contributed by atoms with Gasteiger partial charge in [-0.25, -0.2) is 4.79 Å². The van der Waals surface area contributed by atoms with E-state index in [0.29, 0.717) is 18.7 Å². The molecule has 40 heavy (non-hydrogen) atoms. The van der Waals surface area contributed by atoms with Gasteiger partial charge in [0.2, 0.25) is 0 Å². The molecule has 0 fully saturated rings. The van der Waals surface area contributed by atoms with E-state index in [2.05, 4.69) is 34.2 Å². The van der Waals surface area contributed by atoms with Gasteiger partial charge in [-0.2, -0.15) is 0 Å². The maximum Gasteiger partial charge on any atom is 0.337 e. The van der Waals surface area contributed by atoms with Gasteiger partial charge >= 0.3 is 5.97 Å². The molecular weight excluding hydrogens is 502 g/mol. The second kappa shape index (κ2) is 10.1. The molecule has 1 atom stereocenters. The molecule has 0 saturated carbocycles. The van der Waals surface area contributed by atoms with Gasteiger partial charge in [0.25, 0.3) is 0 Å². The predicted octanol–water partition coefficient (Wildman–Crippen LogP) is 6.51. The molecule has 4 aromatic rings. The number of anilines is 1. The first-order valence-corrected chi connectivity index (χ1v) is 13.6. The summed E-state index contributed by atoms with van der Waals surface area (Å²) < 4.78 is 12.2. The summed E-state index contributed by atoms with van der Waals surface area (Å²) in [6, 6.07) is 12.2. The molecule has 2 aliphatic rings. The number of carbonyl (C=O) groups is 1. The van der Waals surface area contributed by atoms with Crippen LogP contribution < -0.4 is 9.64 Å². The fraction of sp³-hybridized carbons (Fsp3) is 0.303. The Balaban J connectivity index is 1.64. The number of rotatable bonds is 6. The molecule has 7 heteroatoms. The first-order chi connectivity index (χ1) is 19.2. The van der Waals surface area contributed by atoms with Crippen LogP contribution in [0, 0.1) is 6.92 Å². The van der Waals surface area contributed by atoms with Gasteiger partial charge in [0.15, 0.2) is 6.10 Å². The summed E-state index contributed by atoms with van der Waals surface area (Å²) in [4.78, 5) is 24.2. The number of ether oxygens (including phenoxy) is 2. The zero-order valence-electron chi connectivity index (χ0n) is 23.3. The molecule has 0 spiro atoms. The third kappa shape index (κ3) is 4.71. The number of fused-ring (bicyclic) bond motifs is 1. The average molecular weight is 536 g/mol. The quantitative estimate of drug-likeness (QED) is 0.301. The third-order valence-corrected chi connectivity index (χ3v) is 7.44. The molecule has 4 heterocycles. The van der Waals surface area contributed by atoms with Crippen LogP contribution in [0.25, 0.3) is 28.1 Å². The summed E-state index contributed by atoms with van der Waals surface area (Å²) in [7, 11) is 0. The Morgan fingerprint density at radius 1 is 1.20 bits per heavy atom. The molecule has 1 unspecified atom stereocenters. The van der Waals surface area contributed by atoms with E-state index in [4.69, 9.17) is 14.5 Å². The Labute approximate surface area is 234 Å². The first kappa shape index (κ1) is 26.0. The summed E-state index contributed by atoms with van der Waals surface area (Å²) in [5.74, 6) is -0.212. The summed E-state index contributed by atoms with van der Waals surface area (Å²) in [5, 5.41) is 11.5. The van der Waals surface area contributed by atoms with Gasteiger partial charge in [0.1, 0.15) is 5.75 Å². The number of benzene rings is 2. The molecular formula is C33H33N3O4. The Kier molecular flexibility index (Phi) is 6.55. The van der Waals surface area contributed by atoms with Crippen molar-refractivity contribution in [3.63, 3.8) is 0 Å². The number of aliphatic carboxylic acids is 1.